The molecule has 1 unspecified atom stereocenters. The maximum absolute atomic E-state index is 9.94. The van der Waals surface area contributed by atoms with E-state index in [1.54, 1.807) is 0 Å². The summed E-state index contributed by atoms with van der Waals surface area (Å²) in [4.78, 5) is 0. The standard InChI is InChI=1S/C14H20O/c1-3-10-8-12-6-5-7-14(15)13(12)9-11(10)4-2/h8-9,14-15H,3-7H2,1-2H3. The molecule has 0 radical (unpaired) electrons. The molecule has 1 atom stereocenters. The van der Waals surface area contributed by atoms with E-state index in [4.69, 9.17) is 0 Å². The van der Waals surface area contributed by atoms with Gasteiger partial charge in [0, 0.05) is 0 Å². The maximum Gasteiger partial charge on any atom is 0.0792 e. The van der Waals surface area contributed by atoms with Crippen molar-refractivity contribution in [1.29, 1.82) is 0 Å². The van der Waals surface area contributed by atoms with Crippen LogP contribution < -0.4 is 0 Å². The largest absolute Gasteiger partial charge is 0.388 e. The van der Waals surface area contributed by atoms with Crippen LogP contribution in [0.3, 0.4) is 0 Å². The van der Waals surface area contributed by atoms with Crippen molar-refractivity contribution in [1.82, 2.24) is 0 Å². The Balaban J connectivity index is 2.48. The van der Waals surface area contributed by atoms with E-state index in [2.05, 4.69) is 26.0 Å². The van der Waals surface area contributed by atoms with E-state index in [1.807, 2.05) is 0 Å². The maximum atomic E-state index is 9.94. The summed E-state index contributed by atoms with van der Waals surface area (Å²) in [7, 11) is 0. The molecule has 0 aliphatic heterocycles. The normalized spacial score (nSPS) is 20.1. The first-order valence-corrected chi connectivity index (χ1v) is 6.08. The summed E-state index contributed by atoms with van der Waals surface area (Å²) in [6.07, 6.45) is 5.16. The predicted octanol–water partition coefficient (Wildman–Crippen LogP) is 3.18. The smallest absolute Gasteiger partial charge is 0.0792 e. The summed E-state index contributed by atoms with van der Waals surface area (Å²) in [5.74, 6) is 0. The highest BCUT2D eigenvalue weighted by Crippen LogP contribution is 2.32. The zero-order valence-corrected chi connectivity index (χ0v) is 9.71. The minimum atomic E-state index is -0.218. The highest BCUT2D eigenvalue weighted by atomic mass is 16.3. The molecular formula is C14H20O. The highest BCUT2D eigenvalue weighted by molar-refractivity contribution is 5.41. The molecule has 1 aromatic carbocycles. The monoisotopic (exact) mass is 204 g/mol. The topological polar surface area (TPSA) is 20.2 Å². The van der Waals surface area contributed by atoms with Crippen molar-refractivity contribution in [3.05, 3.63) is 34.4 Å². The quantitative estimate of drug-likeness (QED) is 0.784. The number of aliphatic hydroxyl groups is 1. The first kappa shape index (κ1) is 10.7. The lowest BCUT2D eigenvalue weighted by molar-refractivity contribution is 0.156. The second kappa shape index (κ2) is 4.36. The first-order valence-electron chi connectivity index (χ1n) is 6.08. The number of fused-ring (bicyclic) bond motifs is 1. The van der Waals surface area contributed by atoms with Crippen LogP contribution in [0.15, 0.2) is 12.1 Å². The third-order valence-corrected chi connectivity index (χ3v) is 3.51. The van der Waals surface area contributed by atoms with Crippen molar-refractivity contribution >= 4 is 0 Å². The zero-order valence-electron chi connectivity index (χ0n) is 9.71. The molecule has 0 saturated carbocycles. The molecule has 2 rings (SSSR count). The molecule has 15 heavy (non-hydrogen) atoms. The average Bonchev–Trinajstić information content (AvgIpc) is 2.28. The van der Waals surface area contributed by atoms with E-state index in [9.17, 15) is 5.11 Å². The molecule has 0 bridgehead atoms. The van der Waals surface area contributed by atoms with Crippen molar-refractivity contribution in [2.24, 2.45) is 0 Å². The molecule has 0 aromatic heterocycles. The van der Waals surface area contributed by atoms with Crippen LogP contribution in [0.25, 0.3) is 0 Å². The van der Waals surface area contributed by atoms with E-state index < -0.39 is 0 Å². The number of aryl methyl sites for hydroxylation is 3. The van der Waals surface area contributed by atoms with Crippen LogP contribution >= 0.6 is 0 Å². The zero-order chi connectivity index (χ0) is 10.8. The summed E-state index contributed by atoms with van der Waals surface area (Å²) >= 11 is 0. The molecule has 0 spiro atoms. The van der Waals surface area contributed by atoms with Gasteiger partial charge in [-0.05, 0) is 54.4 Å². The molecule has 1 aliphatic carbocycles. The van der Waals surface area contributed by atoms with Gasteiger partial charge in [0.15, 0.2) is 0 Å². The van der Waals surface area contributed by atoms with Crippen LogP contribution in [0, 0.1) is 0 Å². The van der Waals surface area contributed by atoms with Gasteiger partial charge in [-0.1, -0.05) is 26.0 Å². The molecule has 1 N–H and O–H groups in total. The van der Waals surface area contributed by atoms with Crippen molar-refractivity contribution in [3.8, 4) is 0 Å². The third kappa shape index (κ3) is 1.93. The van der Waals surface area contributed by atoms with Crippen molar-refractivity contribution in [2.45, 2.75) is 52.1 Å². The Morgan fingerprint density at radius 1 is 1.20 bits per heavy atom. The van der Waals surface area contributed by atoms with Gasteiger partial charge in [-0.2, -0.15) is 0 Å². The Morgan fingerprint density at radius 3 is 2.53 bits per heavy atom. The lowest BCUT2D eigenvalue weighted by Crippen LogP contribution is -2.11. The van der Waals surface area contributed by atoms with Crippen molar-refractivity contribution in [2.75, 3.05) is 0 Å². The second-order valence-electron chi connectivity index (χ2n) is 4.43. The summed E-state index contributed by atoms with van der Waals surface area (Å²) in [5, 5.41) is 9.94. The van der Waals surface area contributed by atoms with E-state index in [-0.39, 0.29) is 6.10 Å². The summed E-state index contributed by atoms with van der Waals surface area (Å²) < 4.78 is 0. The Hall–Kier alpha value is -0.820. The van der Waals surface area contributed by atoms with Crippen LogP contribution in [0.1, 0.15) is 55.0 Å². The number of hydrogen-bond acceptors (Lipinski definition) is 1. The Morgan fingerprint density at radius 2 is 1.87 bits per heavy atom. The highest BCUT2D eigenvalue weighted by Gasteiger charge is 2.19. The molecule has 1 heteroatoms. The van der Waals surface area contributed by atoms with Gasteiger partial charge in [-0.25, -0.2) is 0 Å². The Bertz CT molecular complexity index is 355. The minimum absolute atomic E-state index is 0.218. The van der Waals surface area contributed by atoms with Crippen molar-refractivity contribution < 1.29 is 5.11 Å². The van der Waals surface area contributed by atoms with Gasteiger partial charge < -0.3 is 5.11 Å². The molecule has 82 valence electrons. The van der Waals surface area contributed by atoms with Crippen LogP contribution in [-0.2, 0) is 19.3 Å². The summed E-state index contributed by atoms with van der Waals surface area (Å²) in [6, 6.07) is 4.55. The van der Waals surface area contributed by atoms with Gasteiger partial charge in [-0.3, -0.25) is 0 Å². The SMILES string of the molecule is CCc1cc2c(cc1CC)C(O)CCC2. The molecule has 1 aliphatic rings. The fourth-order valence-electron chi connectivity index (χ4n) is 2.59. The average molecular weight is 204 g/mol. The molecule has 0 saturated heterocycles. The summed E-state index contributed by atoms with van der Waals surface area (Å²) in [6.45, 7) is 4.40. The molecule has 1 nitrogen and oxygen atoms in total. The number of hydrogen-bond donors (Lipinski definition) is 1. The number of aliphatic hydroxyl groups excluding tert-OH is 1. The number of benzene rings is 1. The van der Waals surface area contributed by atoms with E-state index in [0.717, 1.165) is 32.1 Å². The van der Waals surface area contributed by atoms with Crippen LogP contribution in [0.5, 0.6) is 0 Å². The summed E-state index contributed by atoms with van der Waals surface area (Å²) in [5.41, 5.74) is 5.45. The van der Waals surface area contributed by atoms with Gasteiger partial charge in [0.2, 0.25) is 0 Å². The Kier molecular flexibility index (Phi) is 3.11. The van der Waals surface area contributed by atoms with Crippen LogP contribution in [0.2, 0.25) is 0 Å². The third-order valence-electron chi connectivity index (χ3n) is 3.51. The van der Waals surface area contributed by atoms with Gasteiger partial charge >= 0.3 is 0 Å². The lowest BCUT2D eigenvalue weighted by Gasteiger charge is -2.23. The lowest BCUT2D eigenvalue weighted by atomic mass is 9.85. The minimum Gasteiger partial charge on any atom is -0.388 e. The Labute approximate surface area is 92.1 Å². The van der Waals surface area contributed by atoms with E-state index >= 15 is 0 Å². The van der Waals surface area contributed by atoms with Crippen LogP contribution in [0.4, 0.5) is 0 Å². The molecular weight excluding hydrogens is 184 g/mol. The second-order valence-corrected chi connectivity index (χ2v) is 4.43. The van der Waals surface area contributed by atoms with E-state index in [0.29, 0.717) is 0 Å². The van der Waals surface area contributed by atoms with Crippen molar-refractivity contribution in [3.63, 3.8) is 0 Å². The molecule has 1 aromatic rings. The van der Waals surface area contributed by atoms with Gasteiger partial charge in [0.1, 0.15) is 0 Å². The van der Waals surface area contributed by atoms with E-state index in [1.165, 1.54) is 22.3 Å². The number of rotatable bonds is 2. The predicted molar refractivity (Wildman–Crippen MR) is 63.1 cm³/mol. The van der Waals surface area contributed by atoms with Gasteiger partial charge in [0.25, 0.3) is 0 Å². The molecule has 0 amide bonds. The fraction of sp³-hybridized carbons (Fsp3) is 0.571. The van der Waals surface area contributed by atoms with Crippen LogP contribution in [-0.4, -0.2) is 5.11 Å². The fourth-order valence-corrected chi connectivity index (χ4v) is 2.59. The first-order chi connectivity index (χ1) is 7.26. The van der Waals surface area contributed by atoms with Gasteiger partial charge in [-0.15, -0.1) is 0 Å². The van der Waals surface area contributed by atoms with Gasteiger partial charge in [0.05, 0.1) is 6.10 Å². The molecule has 0 fully saturated rings. The molecule has 0 heterocycles.